The van der Waals surface area contributed by atoms with Crippen LogP contribution in [0, 0.1) is 0 Å². The summed E-state index contributed by atoms with van der Waals surface area (Å²) >= 11 is 6.07. The van der Waals surface area contributed by atoms with Gasteiger partial charge >= 0.3 is 0 Å². The molecule has 6 heteroatoms. The van der Waals surface area contributed by atoms with E-state index >= 15 is 0 Å². The van der Waals surface area contributed by atoms with E-state index in [1.807, 2.05) is 48.5 Å². The number of fused-ring (bicyclic) bond motifs is 2. The van der Waals surface area contributed by atoms with Crippen molar-refractivity contribution in [3.05, 3.63) is 64.8 Å². The van der Waals surface area contributed by atoms with Crippen LogP contribution in [0.25, 0.3) is 21.7 Å². The van der Waals surface area contributed by atoms with Gasteiger partial charge in [-0.05, 0) is 37.1 Å². The normalized spacial score (nSPS) is 19.4. The van der Waals surface area contributed by atoms with Gasteiger partial charge in [0.15, 0.2) is 5.58 Å². The summed E-state index contributed by atoms with van der Waals surface area (Å²) in [7, 11) is 0. The number of nitrogens with zero attached hydrogens (tertiary/aromatic N) is 3. The first-order valence-electron chi connectivity index (χ1n) is 11.1. The average Bonchev–Trinajstić information content (AvgIpc) is 3.26. The molecule has 0 spiro atoms. The molecule has 1 saturated carbocycles. The molecule has 1 N–H and O–H groups in total. The quantitative estimate of drug-likeness (QED) is 0.363. The lowest BCUT2D eigenvalue weighted by Gasteiger charge is -2.22. The highest BCUT2D eigenvalue weighted by atomic mass is 35.5. The molecule has 1 heterocycles. The number of phenols is 1. The van der Waals surface area contributed by atoms with Crippen LogP contribution < -0.4 is 0 Å². The molecule has 0 aliphatic heterocycles. The lowest BCUT2D eigenvalue weighted by molar-refractivity contribution is 0.441. The van der Waals surface area contributed by atoms with Crippen LogP contribution in [0.2, 0.25) is 5.02 Å². The van der Waals surface area contributed by atoms with Crippen molar-refractivity contribution in [3.63, 3.8) is 0 Å². The third-order valence-electron chi connectivity index (χ3n) is 6.51. The van der Waals surface area contributed by atoms with Crippen LogP contribution >= 0.6 is 11.6 Å². The maximum Gasteiger partial charge on any atom is 0.176 e. The number of hydrogen-bond acceptors (Lipinski definition) is 5. The van der Waals surface area contributed by atoms with E-state index in [4.69, 9.17) is 26.1 Å². The van der Waals surface area contributed by atoms with Crippen LogP contribution in [0.5, 0.6) is 5.75 Å². The predicted molar refractivity (Wildman–Crippen MR) is 129 cm³/mol. The minimum Gasteiger partial charge on any atom is -0.507 e. The zero-order chi connectivity index (χ0) is 21.7. The molecule has 2 aliphatic carbocycles. The first-order chi connectivity index (χ1) is 15.7. The maximum absolute atomic E-state index is 11.3. The van der Waals surface area contributed by atoms with Crippen molar-refractivity contribution in [1.29, 1.82) is 0 Å². The highest BCUT2D eigenvalue weighted by molar-refractivity contribution is 6.34. The Kier molecular flexibility index (Phi) is 4.72. The van der Waals surface area contributed by atoms with Gasteiger partial charge < -0.3 is 9.63 Å². The lowest BCUT2D eigenvalue weighted by Crippen LogP contribution is -2.21. The smallest absolute Gasteiger partial charge is 0.176 e. The highest BCUT2D eigenvalue weighted by Gasteiger charge is 2.32. The maximum atomic E-state index is 11.3. The molecule has 2 aliphatic rings. The number of hydrogen-bond donors (Lipinski definition) is 1. The van der Waals surface area contributed by atoms with Gasteiger partial charge in [-0.1, -0.05) is 60.3 Å². The SMILES string of the molecule is Oc1c2c3c(noc3c3ccccc13)C(=NC1CCCCC1)CC2=Nc1ccc(Cl)cc1. The summed E-state index contributed by atoms with van der Waals surface area (Å²) in [5.41, 5.74) is 4.53. The van der Waals surface area contributed by atoms with Crippen LogP contribution in [-0.2, 0) is 0 Å². The van der Waals surface area contributed by atoms with Crippen molar-refractivity contribution in [2.45, 2.75) is 44.6 Å². The molecule has 0 saturated heterocycles. The van der Waals surface area contributed by atoms with Gasteiger partial charge in [0.25, 0.3) is 0 Å². The summed E-state index contributed by atoms with van der Waals surface area (Å²) in [4.78, 5) is 10.0. The minimum atomic E-state index is 0.210. The first kappa shape index (κ1) is 19.5. The molecule has 0 amide bonds. The molecule has 160 valence electrons. The molecule has 4 aromatic rings. The summed E-state index contributed by atoms with van der Waals surface area (Å²) < 4.78 is 5.85. The number of halogens is 1. The Morgan fingerprint density at radius 3 is 2.47 bits per heavy atom. The van der Waals surface area contributed by atoms with Crippen molar-refractivity contribution in [1.82, 2.24) is 5.16 Å². The van der Waals surface area contributed by atoms with Gasteiger partial charge in [-0.2, -0.15) is 0 Å². The Balaban J connectivity index is 1.62. The standard InChI is InChI=1S/C26H22ClN3O2/c27-15-10-12-17(13-11-15)28-20-14-21(29-16-6-2-1-3-7-16)24-23-22(20)25(31)18-8-4-5-9-19(18)26(23)32-30-24/h4-5,8-13,16,31H,1-3,6-7,14H2. The second-order valence-electron chi connectivity index (χ2n) is 8.58. The van der Waals surface area contributed by atoms with Gasteiger partial charge in [0.1, 0.15) is 11.4 Å². The summed E-state index contributed by atoms with van der Waals surface area (Å²) in [5, 5.41) is 18.8. The van der Waals surface area contributed by atoms with Crippen molar-refractivity contribution in [2.24, 2.45) is 9.98 Å². The van der Waals surface area contributed by atoms with Crippen molar-refractivity contribution in [3.8, 4) is 5.75 Å². The number of aromatic hydroxyl groups is 1. The number of aromatic nitrogens is 1. The molecular formula is C26H22ClN3O2. The molecule has 0 radical (unpaired) electrons. The summed E-state index contributed by atoms with van der Waals surface area (Å²) in [6.45, 7) is 0. The predicted octanol–water partition coefficient (Wildman–Crippen LogP) is 6.99. The molecule has 32 heavy (non-hydrogen) atoms. The third kappa shape index (κ3) is 3.19. The van der Waals surface area contributed by atoms with Gasteiger partial charge in [0.05, 0.1) is 34.1 Å². The molecule has 3 aromatic carbocycles. The van der Waals surface area contributed by atoms with Gasteiger partial charge in [-0.25, -0.2) is 0 Å². The number of phenolic OH excluding ortho intramolecular Hbond substituents is 1. The van der Waals surface area contributed by atoms with E-state index in [-0.39, 0.29) is 5.75 Å². The number of rotatable bonds is 2. The largest absolute Gasteiger partial charge is 0.507 e. The molecule has 1 aromatic heterocycles. The van der Waals surface area contributed by atoms with Crippen LogP contribution in [0.3, 0.4) is 0 Å². The van der Waals surface area contributed by atoms with Crippen LogP contribution in [0.4, 0.5) is 5.69 Å². The van der Waals surface area contributed by atoms with Crippen molar-refractivity contribution >= 4 is 50.5 Å². The minimum absolute atomic E-state index is 0.210. The average molecular weight is 444 g/mol. The van der Waals surface area contributed by atoms with E-state index in [2.05, 4.69) is 5.16 Å². The van der Waals surface area contributed by atoms with Gasteiger partial charge in [0, 0.05) is 22.2 Å². The molecular weight excluding hydrogens is 422 g/mol. The monoisotopic (exact) mass is 443 g/mol. The fraction of sp³-hybridized carbons (Fsp3) is 0.269. The first-order valence-corrected chi connectivity index (χ1v) is 11.5. The number of benzene rings is 3. The Morgan fingerprint density at radius 2 is 1.69 bits per heavy atom. The van der Waals surface area contributed by atoms with Gasteiger partial charge in [-0.15, -0.1) is 0 Å². The van der Waals surface area contributed by atoms with Gasteiger partial charge in [-0.3, -0.25) is 9.98 Å². The van der Waals surface area contributed by atoms with Crippen LogP contribution in [0.15, 0.2) is 63.0 Å². The molecule has 0 atom stereocenters. The topological polar surface area (TPSA) is 71.0 Å². The van der Waals surface area contributed by atoms with E-state index in [1.54, 1.807) is 0 Å². The highest BCUT2D eigenvalue weighted by Crippen LogP contribution is 2.43. The molecule has 0 bridgehead atoms. The van der Waals surface area contributed by atoms with E-state index in [0.717, 1.165) is 51.8 Å². The van der Waals surface area contributed by atoms with E-state index in [9.17, 15) is 5.11 Å². The second kappa shape index (κ2) is 7.75. The van der Waals surface area contributed by atoms with Crippen LogP contribution in [-0.4, -0.2) is 27.7 Å². The zero-order valence-electron chi connectivity index (χ0n) is 17.5. The molecule has 1 fully saturated rings. The lowest BCUT2D eigenvalue weighted by atomic mass is 9.87. The van der Waals surface area contributed by atoms with Crippen LogP contribution in [0.1, 0.15) is 49.8 Å². The van der Waals surface area contributed by atoms with Crippen molar-refractivity contribution in [2.75, 3.05) is 0 Å². The van der Waals surface area contributed by atoms with E-state index < -0.39 is 0 Å². The summed E-state index contributed by atoms with van der Waals surface area (Å²) in [5.74, 6) is 0.210. The Morgan fingerprint density at radius 1 is 0.938 bits per heavy atom. The Bertz CT molecular complexity index is 1400. The Labute approximate surface area is 190 Å². The summed E-state index contributed by atoms with van der Waals surface area (Å²) in [6, 6.07) is 15.4. The number of aliphatic imine (C=N–C) groups is 2. The third-order valence-corrected chi connectivity index (χ3v) is 6.76. The Hall–Kier alpha value is -3.18. The molecule has 6 rings (SSSR count). The molecule has 0 unspecified atom stereocenters. The second-order valence-corrected chi connectivity index (χ2v) is 9.02. The van der Waals surface area contributed by atoms with E-state index in [0.29, 0.717) is 28.6 Å². The fourth-order valence-electron chi connectivity index (χ4n) is 4.96. The summed E-state index contributed by atoms with van der Waals surface area (Å²) in [6.07, 6.45) is 6.40. The van der Waals surface area contributed by atoms with Crippen molar-refractivity contribution < 1.29 is 9.63 Å². The van der Waals surface area contributed by atoms with Gasteiger partial charge in [0.2, 0.25) is 0 Å². The molecule has 5 nitrogen and oxygen atoms in total. The fourth-order valence-corrected chi connectivity index (χ4v) is 5.09. The van der Waals surface area contributed by atoms with E-state index in [1.165, 1.54) is 19.3 Å². The zero-order valence-corrected chi connectivity index (χ0v) is 18.3.